The number of ketones is 1. The third kappa shape index (κ3) is 3.52. The van der Waals surface area contributed by atoms with Gasteiger partial charge in [-0.2, -0.15) is 0 Å². The Morgan fingerprint density at radius 2 is 1.91 bits per heavy atom. The normalized spacial score (nSPS) is 16.0. The predicted octanol–water partition coefficient (Wildman–Crippen LogP) is 5.27. The van der Waals surface area contributed by atoms with Crippen LogP contribution in [0.1, 0.15) is 22.3 Å². The van der Waals surface area contributed by atoms with Gasteiger partial charge in [-0.15, -0.1) is 0 Å². The smallest absolute Gasteiger partial charge is 0.294 e. The SMILES string of the molecule is COc1ccc(N2C(=O)C(O)=C(C(=O)c3cc4cc(Cl)ccc4o3)C2c2ccccn2)cc1. The molecule has 1 aliphatic rings. The van der Waals surface area contributed by atoms with Gasteiger partial charge in [0.15, 0.2) is 11.5 Å². The zero-order valence-electron chi connectivity index (χ0n) is 17.4. The Kier molecular flexibility index (Phi) is 5.11. The van der Waals surface area contributed by atoms with E-state index in [9.17, 15) is 14.7 Å². The molecule has 2 aromatic carbocycles. The van der Waals surface area contributed by atoms with Crippen LogP contribution in [0.5, 0.6) is 5.75 Å². The van der Waals surface area contributed by atoms with E-state index in [4.69, 9.17) is 20.8 Å². The number of Topliss-reactive ketones (excluding diaryl/α,β-unsaturated/α-hetero) is 1. The summed E-state index contributed by atoms with van der Waals surface area (Å²) in [7, 11) is 1.54. The minimum atomic E-state index is -0.948. The lowest BCUT2D eigenvalue weighted by Gasteiger charge is -2.26. The number of ether oxygens (including phenoxy) is 1. The Morgan fingerprint density at radius 3 is 2.61 bits per heavy atom. The molecular weight excluding hydrogens is 444 g/mol. The molecule has 0 bridgehead atoms. The Morgan fingerprint density at radius 1 is 1.12 bits per heavy atom. The molecular formula is C25H17ClN2O5. The summed E-state index contributed by atoms with van der Waals surface area (Å²) in [5.41, 5.74) is 1.25. The second-order valence-electron chi connectivity index (χ2n) is 7.41. The molecule has 2 aromatic heterocycles. The standard InChI is InChI=1S/C25H17ClN2O5/c1-32-17-8-6-16(7-9-17)28-22(18-4-2-3-11-27-18)21(24(30)25(28)31)23(29)20-13-14-12-15(26)5-10-19(14)33-20/h2-13,22,30H,1H3. The van der Waals surface area contributed by atoms with Crippen molar-refractivity contribution in [3.63, 3.8) is 0 Å². The summed E-state index contributed by atoms with van der Waals surface area (Å²) in [5, 5.41) is 12.0. The van der Waals surface area contributed by atoms with Crippen LogP contribution in [0, 0.1) is 0 Å². The number of pyridine rings is 1. The maximum Gasteiger partial charge on any atom is 0.294 e. The number of hydrogen-bond acceptors (Lipinski definition) is 6. The van der Waals surface area contributed by atoms with E-state index in [1.54, 1.807) is 72.9 Å². The zero-order valence-corrected chi connectivity index (χ0v) is 18.1. The molecule has 0 spiro atoms. The van der Waals surface area contributed by atoms with Crippen LogP contribution < -0.4 is 9.64 Å². The van der Waals surface area contributed by atoms with Crippen molar-refractivity contribution < 1.29 is 23.8 Å². The van der Waals surface area contributed by atoms with E-state index in [1.807, 2.05) is 0 Å². The predicted molar refractivity (Wildman–Crippen MR) is 123 cm³/mol. The Bertz CT molecular complexity index is 1410. The molecule has 1 amide bonds. The molecule has 1 N–H and O–H groups in total. The number of amides is 1. The minimum Gasteiger partial charge on any atom is -0.503 e. The van der Waals surface area contributed by atoms with Gasteiger partial charge in [0, 0.05) is 22.3 Å². The molecule has 8 heteroatoms. The molecule has 0 saturated carbocycles. The molecule has 164 valence electrons. The average Bonchev–Trinajstić information content (AvgIpc) is 3.38. The molecule has 7 nitrogen and oxygen atoms in total. The summed E-state index contributed by atoms with van der Waals surface area (Å²) in [6.45, 7) is 0. The van der Waals surface area contributed by atoms with Crippen molar-refractivity contribution in [1.29, 1.82) is 0 Å². The fourth-order valence-corrected chi connectivity index (χ4v) is 4.10. The van der Waals surface area contributed by atoms with Crippen LogP contribution in [0.25, 0.3) is 11.0 Å². The number of benzene rings is 2. The third-order valence-corrected chi connectivity index (χ3v) is 5.71. The van der Waals surface area contributed by atoms with Gasteiger partial charge in [-0.1, -0.05) is 17.7 Å². The number of aromatic nitrogens is 1. The number of carbonyl (C=O) groups is 2. The fourth-order valence-electron chi connectivity index (χ4n) is 3.92. The number of aliphatic hydroxyl groups is 1. The molecule has 1 atom stereocenters. The van der Waals surface area contributed by atoms with E-state index in [0.717, 1.165) is 0 Å². The number of halogens is 1. The second kappa shape index (κ2) is 8.11. The van der Waals surface area contributed by atoms with Gasteiger partial charge in [0.1, 0.15) is 17.4 Å². The molecule has 1 unspecified atom stereocenters. The van der Waals surface area contributed by atoms with Crippen LogP contribution in [0.2, 0.25) is 5.02 Å². The minimum absolute atomic E-state index is 0.0147. The second-order valence-corrected chi connectivity index (χ2v) is 7.85. The van der Waals surface area contributed by atoms with Crippen molar-refractivity contribution >= 4 is 39.9 Å². The summed E-state index contributed by atoms with van der Waals surface area (Å²) in [6, 6.07) is 17.5. The van der Waals surface area contributed by atoms with Gasteiger partial charge in [0.05, 0.1) is 18.4 Å². The first-order valence-corrected chi connectivity index (χ1v) is 10.4. The summed E-state index contributed by atoms with van der Waals surface area (Å²) >= 11 is 6.04. The van der Waals surface area contributed by atoms with E-state index < -0.39 is 23.5 Å². The molecule has 33 heavy (non-hydrogen) atoms. The van der Waals surface area contributed by atoms with Gasteiger partial charge < -0.3 is 14.3 Å². The number of anilines is 1. The summed E-state index contributed by atoms with van der Waals surface area (Å²) in [4.78, 5) is 32.4. The number of nitrogens with zero attached hydrogens (tertiary/aromatic N) is 2. The van der Waals surface area contributed by atoms with Crippen LogP contribution in [-0.4, -0.2) is 28.9 Å². The van der Waals surface area contributed by atoms with E-state index in [-0.39, 0.29) is 11.3 Å². The molecule has 0 radical (unpaired) electrons. The maximum absolute atomic E-state index is 13.5. The zero-order chi connectivity index (χ0) is 23.1. The highest BCUT2D eigenvalue weighted by molar-refractivity contribution is 6.31. The Hall–Kier alpha value is -4.10. The Balaban J connectivity index is 1.63. The fraction of sp³-hybridized carbons (Fsp3) is 0.0800. The van der Waals surface area contributed by atoms with Crippen LogP contribution in [-0.2, 0) is 4.79 Å². The van der Waals surface area contributed by atoms with Crippen molar-refractivity contribution in [3.8, 4) is 5.75 Å². The quantitative estimate of drug-likeness (QED) is 0.408. The number of rotatable bonds is 5. The highest BCUT2D eigenvalue weighted by atomic mass is 35.5. The van der Waals surface area contributed by atoms with Crippen LogP contribution in [0.4, 0.5) is 5.69 Å². The number of carbonyl (C=O) groups excluding carboxylic acids is 2. The lowest BCUT2D eigenvalue weighted by atomic mass is 9.98. The number of hydrogen-bond donors (Lipinski definition) is 1. The molecule has 0 saturated heterocycles. The summed E-state index contributed by atoms with van der Waals surface area (Å²) < 4.78 is 10.9. The van der Waals surface area contributed by atoms with Gasteiger partial charge in [-0.05, 0) is 60.7 Å². The van der Waals surface area contributed by atoms with Crippen molar-refractivity contribution in [2.75, 3.05) is 12.0 Å². The first-order valence-electron chi connectivity index (χ1n) is 10.0. The number of fused-ring (bicyclic) bond motifs is 1. The Labute approximate surface area is 193 Å². The van der Waals surface area contributed by atoms with Crippen molar-refractivity contribution in [2.24, 2.45) is 0 Å². The number of furan rings is 1. The van der Waals surface area contributed by atoms with Crippen LogP contribution in [0.3, 0.4) is 0 Å². The van der Waals surface area contributed by atoms with Crippen molar-refractivity contribution in [3.05, 3.63) is 101 Å². The van der Waals surface area contributed by atoms with Gasteiger partial charge in [-0.25, -0.2) is 0 Å². The van der Waals surface area contributed by atoms with Gasteiger partial charge in [0.25, 0.3) is 5.91 Å². The average molecular weight is 461 g/mol. The number of methoxy groups -OCH3 is 1. The van der Waals surface area contributed by atoms with Gasteiger partial charge >= 0.3 is 0 Å². The maximum atomic E-state index is 13.5. The molecule has 5 rings (SSSR count). The summed E-state index contributed by atoms with van der Waals surface area (Å²) in [6.07, 6.45) is 1.56. The highest BCUT2D eigenvalue weighted by Gasteiger charge is 2.46. The largest absolute Gasteiger partial charge is 0.503 e. The monoisotopic (exact) mass is 460 g/mol. The molecule has 0 fully saturated rings. The van der Waals surface area contributed by atoms with Crippen molar-refractivity contribution in [2.45, 2.75) is 6.04 Å². The lowest BCUT2D eigenvalue weighted by molar-refractivity contribution is -0.117. The van der Waals surface area contributed by atoms with Gasteiger partial charge in [0.2, 0.25) is 5.78 Å². The first kappa shape index (κ1) is 20.8. The molecule has 1 aliphatic heterocycles. The van der Waals surface area contributed by atoms with Crippen molar-refractivity contribution in [1.82, 2.24) is 4.98 Å². The molecule has 3 heterocycles. The summed E-state index contributed by atoms with van der Waals surface area (Å²) in [5.74, 6) is -1.38. The number of aliphatic hydroxyl groups excluding tert-OH is 1. The van der Waals surface area contributed by atoms with E-state index in [2.05, 4.69) is 4.98 Å². The van der Waals surface area contributed by atoms with E-state index in [1.165, 1.54) is 12.0 Å². The third-order valence-electron chi connectivity index (χ3n) is 5.47. The lowest BCUT2D eigenvalue weighted by Crippen LogP contribution is -2.31. The van der Waals surface area contributed by atoms with Gasteiger partial charge in [-0.3, -0.25) is 19.5 Å². The molecule has 4 aromatic rings. The molecule has 0 aliphatic carbocycles. The highest BCUT2D eigenvalue weighted by Crippen LogP contribution is 2.42. The topological polar surface area (TPSA) is 92.9 Å². The van der Waals surface area contributed by atoms with Crippen LogP contribution >= 0.6 is 11.6 Å². The van der Waals surface area contributed by atoms with E-state index >= 15 is 0 Å². The first-order chi connectivity index (χ1) is 16.0. The van der Waals surface area contributed by atoms with E-state index in [0.29, 0.717) is 33.1 Å². The van der Waals surface area contributed by atoms with Crippen LogP contribution in [0.15, 0.2) is 88.7 Å².